The summed E-state index contributed by atoms with van der Waals surface area (Å²) in [6, 6.07) is 6.11. The molecule has 108 valence electrons. The van der Waals surface area contributed by atoms with Crippen molar-refractivity contribution in [2.24, 2.45) is 0 Å². The third-order valence-electron chi connectivity index (χ3n) is 2.78. The topological polar surface area (TPSA) is 39.7 Å². The highest BCUT2D eigenvalue weighted by Crippen LogP contribution is 2.30. The Labute approximate surface area is 116 Å². The predicted octanol–water partition coefficient (Wildman–Crippen LogP) is 3.32. The molecule has 0 saturated carbocycles. The second kappa shape index (κ2) is 8.64. The lowest BCUT2D eigenvalue weighted by atomic mass is 10.2. The average Bonchev–Trinajstić information content (AvgIpc) is 2.41. The molecule has 0 aliphatic rings. The highest BCUT2D eigenvalue weighted by atomic mass is 16.5. The minimum atomic E-state index is 0.265. The zero-order valence-electron chi connectivity index (χ0n) is 12.4. The van der Waals surface area contributed by atoms with Crippen molar-refractivity contribution in [2.75, 3.05) is 32.2 Å². The third-order valence-corrected chi connectivity index (χ3v) is 2.78. The van der Waals surface area contributed by atoms with Gasteiger partial charge in [-0.05, 0) is 32.4 Å². The van der Waals surface area contributed by atoms with Crippen LogP contribution in [-0.4, -0.2) is 33.0 Å². The van der Waals surface area contributed by atoms with E-state index in [2.05, 4.69) is 12.2 Å². The molecule has 0 heterocycles. The molecule has 4 nitrogen and oxygen atoms in total. The summed E-state index contributed by atoms with van der Waals surface area (Å²) in [5.74, 6) is 1.70. The van der Waals surface area contributed by atoms with Crippen molar-refractivity contribution in [2.45, 2.75) is 33.2 Å². The molecule has 1 rings (SSSR count). The van der Waals surface area contributed by atoms with Crippen LogP contribution in [0.4, 0.5) is 5.69 Å². The minimum absolute atomic E-state index is 0.265. The van der Waals surface area contributed by atoms with Gasteiger partial charge in [0.25, 0.3) is 0 Å². The molecule has 1 aromatic carbocycles. The molecule has 0 aliphatic heterocycles. The molecule has 0 fully saturated rings. The number of benzene rings is 1. The van der Waals surface area contributed by atoms with Crippen LogP contribution in [-0.2, 0) is 4.74 Å². The minimum Gasteiger partial charge on any atom is -0.494 e. The van der Waals surface area contributed by atoms with Crippen LogP contribution in [0.2, 0.25) is 0 Å². The standard InChI is InChI=1S/C15H25NO3/c1-5-12(11-17-4)16-14-10-13(18-6-2)8-9-15(14)19-7-3/h8-10,12,16H,5-7,11H2,1-4H3. The van der Waals surface area contributed by atoms with Crippen LogP contribution >= 0.6 is 0 Å². The van der Waals surface area contributed by atoms with Gasteiger partial charge < -0.3 is 19.5 Å². The Bertz CT molecular complexity index is 368. The molecule has 0 amide bonds. The number of ether oxygens (including phenoxy) is 3. The van der Waals surface area contributed by atoms with Crippen LogP contribution in [0.15, 0.2) is 18.2 Å². The van der Waals surface area contributed by atoms with E-state index in [-0.39, 0.29) is 6.04 Å². The summed E-state index contributed by atoms with van der Waals surface area (Å²) in [6.45, 7) is 8.05. The molecule has 0 spiro atoms. The SMILES string of the molecule is CCOc1ccc(OCC)c(NC(CC)COC)c1. The van der Waals surface area contributed by atoms with Crippen LogP contribution in [0.25, 0.3) is 0 Å². The van der Waals surface area contributed by atoms with Crippen molar-refractivity contribution < 1.29 is 14.2 Å². The van der Waals surface area contributed by atoms with E-state index >= 15 is 0 Å². The van der Waals surface area contributed by atoms with Gasteiger partial charge in [0.1, 0.15) is 11.5 Å². The summed E-state index contributed by atoms with van der Waals surface area (Å²) >= 11 is 0. The molecule has 0 radical (unpaired) electrons. The first-order chi connectivity index (χ1) is 9.24. The zero-order valence-corrected chi connectivity index (χ0v) is 12.4. The molecule has 19 heavy (non-hydrogen) atoms. The number of hydrogen-bond donors (Lipinski definition) is 1. The molecule has 4 heteroatoms. The molecule has 1 N–H and O–H groups in total. The van der Waals surface area contributed by atoms with Gasteiger partial charge in [-0.3, -0.25) is 0 Å². The monoisotopic (exact) mass is 267 g/mol. The highest BCUT2D eigenvalue weighted by molar-refractivity contribution is 5.60. The molecule has 1 unspecified atom stereocenters. The van der Waals surface area contributed by atoms with E-state index in [0.717, 1.165) is 23.6 Å². The smallest absolute Gasteiger partial charge is 0.142 e. The fourth-order valence-corrected chi connectivity index (χ4v) is 1.84. The molecule has 0 bridgehead atoms. The molecule has 1 atom stereocenters. The average molecular weight is 267 g/mol. The van der Waals surface area contributed by atoms with Gasteiger partial charge >= 0.3 is 0 Å². The molecule has 1 aromatic rings. The summed E-state index contributed by atoms with van der Waals surface area (Å²) < 4.78 is 16.4. The van der Waals surface area contributed by atoms with Gasteiger partial charge in [-0.2, -0.15) is 0 Å². The lowest BCUT2D eigenvalue weighted by Gasteiger charge is -2.20. The molecule has 0 saturated heterocycles. The Hall–Kier alpha value is -1.42. The predicted molar refractivity (Wildman–Crippen MR) is 78.4 cm³/mol. The lowest BCUT2D eigenvalue weighted by Crippen LogP contribution is -2.24. The van der Waals surface area contributed by atoms with Gasteiger partial charge in [-0.1, -0.05) is 6.92 Å². The quantitative estimate of drug-likeness (QED) is 0.745. The van der Waals surface area contributed by atoms with E-state index in [0.29, 0.717) is 19.8 Å². The fourth-order valence-electron chi connectivity index (χ4n) is 1.84. The van der Waals surface area contributed by atoms with Gasteiger partial charge in [0.15, 0.2) is 0 Å². The van der Waals surface area contributed by atoms with Crippen LogP contribution in [0.3, 0.4) is 0 Å². The first kappa shape index (κ1) is 15.6. The number of rotatable bonds is 9. The van der Waals surface area contributed by atoms with E-state index < -0.39 is 0 Å². The van der Waals surface area contributed by atoms with Crippen molar-refractivity contribution >= 4 is 5.69 Å². The van der Waals surface area contributed by atoms with Crippen molar-refractivity contribution in [3.8, 4) is 11.5 Å². The van der Waals surface area contributed by atoms with Crippen LogP contribution in [0.5, 0.6) is 11.5 Å². The lowest BCUT2D eigenvalue weighted by molar-refractivity contribution is 0.184. The van der Waals surface area contributed by atoms with E-state index in [9.17, 15) is 0 Å². The Morgan fingerprint density at radius 2 is 1.84 bits per heavy atom. The van der Waals surface area contributed by atoms with Crippen LogP contribution in [0.1, 0.15) is 27.2 Å². The largest absolute Gasteiger partial charge is 0.494 e. The van der Waals surface area contributed by atoms with Gasteiger partial charge in [-0.15, -0.1) is 0 Å². The zero-order chi connectivity index (χ0) is 14.1. The summed E-state index contributed by atoms with van der Waals surface area (Å²) in [6.07, 6.45) is 0.984. The summed E-state index contributed by atoms with van der Waals surface area (Å²) in [5, 5.41) is 3.45. The molecular weight excluding hydrogens is 242 g/mol. The van der Waals surface area contributed by atoms with E-state index in [1.807, 2.05) is 32.0 Å². The Morgan fingerprint density at radius 3 is 2.42 bits per heavy atom. The van der Waals surface area contributed by atoms with Gasteiger partial charge in [0.2, 0.25) is 0 Å². The maximum absolute atomic E-state index is 5.63. The maximum atomic E-state index is 5.63. The molecule has 0 aliphatic carbocycles. The van der Waals surface area contributed by atoms with E-state index in [1.54, 1.807) is 7.11 Å². The van der Waals surface area contributed by atoms with E-state index in [4.69, 9.17) is 14.2 Å². The first-order valence-corrected chi connectivity index (χ1v) is 6.90. The maximum Gasteiger partial charge on any atom is 0.142 e. The first-order valence-electron chi connectivity index (χ1n) is 6.90. The molecule has 0 aromatic heterocycles. The van der Waals surface area contributed by atoms with Gasteiger partial charge in [0, 0.05) is 19.2 Å². The van der Waals surface area contributed by atoms with Gasteiger partial charge in [-0.25, -0.2) is 0 Å². The third kappa shape index (κ3) is 4.99. The number of hydrogen-bond acceptors (Lipinski definition) is 4. The second-order valence-corrected chi connectivity index (χ2v) is 4.23. The summed E-state index contributed by atoms with van der Waals surface area (Å²) in [4.78, 5) is 0. The number of anilines is 1. The summed E-state index contributed by atoms with van der Waals surface area (Å²) in [5.41, 5.74) is 0.955. The summed E-state index contributed by atoms with van der Waals surface area (Å²) in [7, 11) is 1.71. The van der Waals surface area contributed by atoms with Crippen molar-refractivity contribution in [3.63, 3.8) is 0 Å². The Morgan fingerprint density at radius 1 is 1.11 bits per heavy atom. The highest BCUT2D eigenvalue weighted by Gasteiger charge is 2.11. The second-order valence-electron chi connectivity index (χ2n) is 4.23. The van der Waals surface area contributed by atoms with Crippen molar-refractivity contribution in [1.29, 1.82) is 0 Å². The number of nitrogens with one attached hydrogen (secondary N) is 1. The Balaban J connectivity index is 2.88. The number of methoxy groups -OCH3 is 1. The Kier molecular flexibility index (Phi) is 7.11. The van der Waals surface area contributed by atoms with Gasteiger partial charge in [0.05, 0.1) is 25.5 Å². The fraction of sp³-hybridized carbons (Fsp3) is 0.600. The normalized spacial score (nSPS) is 12.0. The van der Waals surface area contributed by atoms with Crippen LogP contribution < -0.4 is 14.8 Å². The van der Waals surface area contributed by atoms with Crippen LogP contribution in [0, 0.1) is 0 Å². The van der Waals surface area contributed by atoms with Crippen molar-refractivity contribution in [3.05, 3.63) is 18.2 Å². The van der Waals surface area contributed by atoms with Crippen molar-refractivity contribution in [1.82, 2.24) is 0 Å². The molecular formula is C15H25NO3. The van der Waals surface area contributed by atoms with E-state index in [1.165, 1.54) is 0 Å².